The molecule has 5 aromatic heterocycles. The first-order chi connectivity index (χ1) is 24.8. The molecule has 7 heteroatoms. The van der Waals surface area contributed by atoms with Crippen LogP contribution in [0.1, 0.15) is 0 Å². The van der Waals surface area contributed by atoms with Gasteiger partial charge in [0, 0.05) is 63.0 Å². The molecule has 50 heavy (non-hydrogen) atoms. The summed E-state index contributed by atoms with van der Waals surface area (Å²) in [6, 6.07) is 48.1. The van der Waals surface area contributed by atoms with Crippen molar-refractivity contribution in [1.82, 2.24) is 34.1 Å². The number of nitrogens with zero attached hydrogens (tertiary/aromatic N) is 7. The van der Waals surface area contributed by atoms with Crippen LogP contribution in [0.25, 0.3) is 89.2 Å². The fraction of sp³-hybridized carbons (Fsp3) is 0. The van der Waals surface area contributed by atoms with E-state index in [4.69, 9.17) is 15.0 Å². The first kappa shape index (κ1) is 28.1. The maximum absolute atomic E-state index is 4.99. The lowest BCUT2D eigenvalue weighted by Crippen LogP contribution is -2.01. The van der Waals surface area contributed by atoms with Gasteiger partial charge in [0.25, 0.3) is 0 Å². The maximum atomic E-state index is 4.99. The maximum Gasteiger partial charge on any atom is 0.235 e. The zero-order valence-electron chi connectivity index (χ0n) is 26.7. The second kappa shape index (κ2) is 11.3. The molecule has 0 aliphatic rings. The number of hydrogen-bond donors (Lipinski definition) is 0. The number of fused-ring (bicyclic) bond motifs is 6. The van der Waals surface area contributed by atoms with Crippen LogP contribution in [0, 0.1) is 0 Å². The Hall–Kier alpha value is -6.99. The van der Waals surface area contributed by atoms with Crippen molar-refractivity contribution < 1.29 is 0 Å². The van der Waals surface area contributed by atoms with Crippen molar-refractivity contribution in [2.75, 3.05) is 0 Å². The van der Waals surface area contributed by atoms with E-state index in [1.54, 1.807) is 12.4 Å². The highest BCUT2D eigenvalue weighted by atomic mass is 15.2. The Bertz CT molecular complexity index is 2860. The lowest BCUT2D eigenvalue weighted by atomic mass is 10.0. The van der Waals surface area contributed by atoms with E-state index in [1.165, 1.54) is 0 Å². The largest absolute Gasteiger partial charge is 0.278 e. The Kier molecular flexibility index (Phi) is 6.35. The first-order valence-corrected chi connectivity index (χ1v) is 16.5. The van der Waals surface area contributed by atoms with Crippen molar-refractivity contribution in [3.63, 3.8) is 0 Å². The smallest absolute Gasteiger partial charge is 0.235 e. The van der Waals surface area contributed by atoms with E-state index in [2.05, 4.69) is 128 Å². The summed E-state index contributed by atoms with van der Waals surface area (Å²) in [7, 11) is 0. The first-order valence-electron chi connectivity index (χ1n) is 16.5. The SMILES string of the molecule is c1ccc(-c2ccnc(-n3c4ccccc4c4cc(-c5ccc(-c6ccc7c(c6)c6ccccc6n7-c6ncccn6)cn5)ccc43)n2)cc1. The minimum Gasteiger partial charge on any atom is -0.278 e. The molecule has 0 bridgehead atoms. The van der Waals surface area contributed by atoms with Gasteiger partial charge in [-0.15, -0.1) is 0 Å². The number of pyridine rings is 1. The van der Waals surface area contributed by atoms with E-state index >= 15 is 0 Å². The molecule has 0 radical (unpaired) electrons. The molecule has 0 unspecified atom stereocenters. The van der Waals surface area contributed by atoms with Crippen LogP contribution in [-0.2, 0) is 0 Å². The van der Waals surface area contributed by atoms with Crippen LogP contribution in [0.5, 0.6) is 0 Å². The van der Waals surface area contributed by atoms with Crippen molar-refractivity contribution in [3.05, 3.63) is 164 Å². The fourth-order valence-electron chi connectivity index (χ4n) is 7.08. The van der Waals surface area contributed by atoms with E-state index in [0.717, 1.165) is 77.3 Å². The fourth-order valence-corrected chi connectivity index (χ4v) is 7.08. The molecule has 0 amide bonds. The summed E-state index contributed by atoms with van der Waals surface area (Å²) < 4.78 is 4.27. The Labute approximate surface area is 286 Å². The molecule has 0 aliphatic carbocycles. The van der Waals surface area contributed by atoms with Crippen molar-refractivity contribution in [2.45, 2.75) is 0 Å². The van der Waals surface area contributed by atoms with Gasteiger partial charge < -0.3 is 0 Å². The zero-order chi connectivity index (χ0) is 33.0. The molecule has 0 saturated heterocycles. The summed E-state index contributed by atoms with van der Waals surface area (Å²) in [6.07, 6.45) is 7.35. The van der Waals surface area contributed by atoms with E-state index in [1.807, 2.05) is 42.7 Å². The van der Waals surface area contributed by atoms with Crippen LogP contribution in [0.4, 0.5) is 0 Å². The molecule has 234 valence electrons. The minimum atomic E-state index is 0.643. The highest BCUT2D eigenvalue weighted by Crippen LogP contribution is 2.36. The number of benzene rings is 5. The summed E-state index contributed by atoms with van der Waals surface area (Å²) in [5.74, 6) is 1.30. The van der Waals surface area contributed by atoms with Gasteiger partial charge in [0.2, 0.25) is 11.9 Å². The van der Waals surface area contributed by atoms with Gasteiger partial charge >= 0.3 is 0 Å². The molecule has 0 spiro atoms. The molecule has 0 aliphatic heterocycles. The van der Waals surface area contributed by atoms with Gasteiger partial charge in [0.1, 0.15) is 0 Å². The third-order valence-electron chi connectivity index (χ3n) is 9.40. The monoisotopic (exact) mass is 641 g/mol. The summed E-state index contributed by atoms with van der Waals surface area (Å²) in [5, 5.41) is 4.57. The van der Waals surface area contributed by atoms with Crippen LogP contribution in [0.2, 0.25) is 0 Å². The van der Waals surface area contributed by atoms with Gasteiger partial charge in [0.15, 0.2) is 0 Å². The van der Waals surface area contributed by atoms with Gasteiger partial charge in [-0.25, -0.2) is 19.9 Å². The number of rotatable bonds is 5. The molecule has 5 heterocycles. The summed E-state index contributed by atoms with van der Waals surface area (Å²) in [5.41, 5.74) is 10.3. The highest BCUT2D eigenvalue weighted by Gasteiger charge is 2.17. The molecule has 10 aromatic rings. The zero-order valence-corrected chi connectivity index (χ0v) is 26.7. The Morgan fingerprint density at radius 1 is 0.340 bits per heavy atom. The number of para-hydroxylation sites is 2. The second-order valence-corrected chi connectivity index (χ2v) is 12.3. The van der Waals surface area contributed by atoms with Gasteiger partial charge in [-0.1, -0.05) is 84.9 Å². The average molecular weight is 642 g/mol. The Balaban J connectivity index is 1.04. The molecule has 0 fully saturated rings. The predicted molar refractivity (Wildman–Crippen MR) is 200 cm³/mol. The predicted octanol–water partition coefficient (Wildman–Crippen LogP) is 9.86. The average Bonchev–Trinajstić information content (AvgIpc) is 3.71. The van der Waals surface area contributed by atoms with Gasteiger partial charge in [-0.2, -0.15) is 0 Å². The third kappa shape index (κ3) is 4.48. The van der Waals surface area contributed by atoms with E-state index in [9.17, 15) is 0 Å². The quantitative estimate of drug-likeness (QED) is 0.187. The molecule has 5 aromatic carbocycles. The molecule has 0 N–H and O–H groups in total. The molecule has 7 nitrogen and oxygen atoms in total. The minimum absolute atomic E-state index is 0.643. The lowest BCUT2D eigenvalue weighted by Gasteiger charge is -2.09. The number of aromatic nitrogens is 7. The molecular formula is C43H27N7. The molecule has 10 rings (SSSR count). The van der Waals surface area contributed by atoms with Crippen LogP contribution in [0.15, 0.2) is 164 Å². The Morgan fingerprint density at radius 3 is 1.62 bits per heavy atom. The second-order valence-electron chi connectivity index (χ2n) is 12.3. The summed E-state index contributed by atoms with van der Waals surface area (Å²) >= 11 is 0. The van der Waals surface area contributed by atoms with Crippen molar-refractivity contribution in [1.29, 1.82) is 0 Å². The Morgan fingerprint density at radius 2 is 0.920 bits per heavy atom. The molecular weight excluding hydrogens is 615 g/mol. The standard InChI is InChI=1S/C43H27N7/c1-2-9-28(10-3-1)37-21-24-46-43(48-37)50-39-14-7-5-12-33(39)35-26-30(17-20-41(35)50)36-18-15-31(27-47-36)29-16-19-40-34(25-29)32-11-4-6-13-38(32)49(40)42-44-22-8-23-45-42/h1-27H. The van der Waals surface area contributed by atoms with Crippen LogP contribution in [-0.4, -0.2) is 34.1 Å². The summed E-state index contributed by atoms with van der Waals surface area (Å²) in [6.45, 7) is 0. The van der Waals surface area contributed by atoms with Gasteiger partial charge in [0.05, 0.1) is 33.5 Å². The molecule has 0 atom stereocenters. The van der Waals surface area contributed by atoms with Gasteiger partial charge in [-0.3, -0.25) is 14.1 Å². The lowest BCUT2D eigenvalue weighted by molar-refractivity contribution is 0.988. The van der Waals surface area contributed by atoms with Crippen LogP contribution in [0.3, 0.4) is 0 Å². The highest BCUT2D eigenvalue weighted by molar-refractivity contribution is 6.11. The van der Waals surface area contributed by atoms with Crippen molar-refractivity contribution in [3.8, 4) is 45.5 Å². The van der Waals surface area contributed by atoms with Crippen molar-refractivity contribution >= 4 is 43.6 Å². The van der Waals surface area contributed by atoms with Crippen LogP contribution < -0.4 is 0 Å². The topological polar surface area (TPSA) is 74.3 Å². The van der Waals surface area contributed by atoms with Crippen molar-refractivity contribution in [2.24, 2.45) is 0 Å². The van der Waals surface area contributed by atoms with E-state index < -0.39 is 0 Å². The van der Waals surface area contributed by atoms with Crippen LogP contribution >= 0.6 is 0 Å². The third-order valence-corrected chi connectivity index (χ3v) is 9.40. The van der Waals surface area contributed by atoms with Gasteiger partial charge in [-0.05, 0) is 60.2 Å². The van der Waals surface area contributed by atoms with E-state index in [-0.39, 0.29) is 0 Å². The normalized spacial score (nSPS) is 11.6. The van der Waals surface area contributed by atoms with E-state index in [0.29, 0.717) is 11.9 Å². The summed E-state index contributed by atoms with van der Waals surface area (Å²) in [4.78, 5) is 23.7. The molecule has 0 saturated carbocycles. The number of hydrogen-bond acceptors (Lipinski definition) is 5.